The van der Waals surface area contributed by atoms with Gasteiger partial charge in [-0.25, -0.2) is 4.79 Å². The van der Waals surface area contributed by atoms with Crippen molar-refractivity contribution in [2.24, 2.45) is 0 Å². The van der Waals surface area contributed by atoms with Crippen LogP contribution in [0, 0.1) is 7.05 Å². The smallest absolute Gasteiger partial charge is 0.473 e. The molecular formula is C6H12KNO2. The Labute approximate surface area is 104 Å². The molecule has 0 aromatic rings. The summed E-state index contributed by atoms with van der Waals surface area (Å²) in [5.74, 6) is 0. The van der Waals surface area contributed by atoms with Crippen molar-refractivity contribution in [1.29, 1.82) is 0 Å². The molecule has 4 heteroatoms. The van der Waals surface area contributed by atoms with E-state index in [0.29, 0.717) is 0 Å². The predicted molar refractivity (Wildman–Crippen MR) is 34.7 cm³/mol. The molecule has 0 radical (unpaired) electrons. The second-order valence-corrected chi connectivity index (χ2v) is 2.68. The number of carbonyl (C=O) groups excluding carboxylic acids is 1. The van der Waals surface area contributed by atoms with Crippen molar-refractivity contribution in [3.8, 4) is 0 Å². The van der Waals surface area contributed by atoms with E-state index in [1.165, 1.54) is 0 Å². The second kappa shape index (κ2) is 5.54. The first-order chi connectivity index (χ1) is 3.95. The van der Waals surface area contributed by atoms with Crippen LogP contribution in [0.1, 0.15) is 20.8 Å². The first-order valence-corrected chi connectivity index (χ1v) is 2.72. The standard InChI is InChI=1S/C6H12NO2.K/c1-6(2,3)9-5(8)7-4;/h4H2,1-3H3,(H,7,8);/q-1;+1. The minimum Gasteiger partial charge on any atom is -0.473 e. The van der Waals surface area contributed by atoms with E-state index in [1.807, 2.05) is 0 Å². The quantitative estimate of drug-likeness (QED) is 0.347. The van der Waals surface area contributed by atoms with E-state index in [4.69, 9.17) is 4.74 Å². The Morgan fingerprint density at radius 3 is 2.00 bits per heavy atom. The summed E-state index contributed by atoms with van der Waals surface area (Å²) in [6.45, 7) is 5.38. The molecular weight excluding hydrogens is 157 g/mol. The summed E-state index contributed by atoms with van der Waals surface area (Å²) in [5.41, 5.74) is -0.429. The Morgan fingerprint density at radius 2 is 1.90 bits per heavy atom. The maximum Gasteiger partial charge on any atom is 1.00 e. The van der Waals surface area contributed by atoms with Gasteiger partial charge in [0.25, 0.3) is 0 Å². The van der Waals surface area contributed by atoms with Crippen molar-refractivity contribution in [2.45, 2.75) is 26.4 Å². The molecule has 0 aliphatic heterocycles. The molecule has 1 amide bonds. The molecule has 0 saturated carbocycles. The third-order valence-electron chi connectivity index (χ3n) is 0.543. The molecule has 0 spiro atoms. The second-order valence-electron chi connectivity index (χ2n) is 2.68. The van der Waals surface area contributed by atoms with Crippen LogP contribution in [0.5, 0.6) is 0 Å². The van der Waals surface area contributed by atoms with Crippen LogP contribution in [-0.2, 0) is 4.74 Å². The van der Waals surface area contributed by atoms with E-state index in [-0.39, 0.29) is 51.4 Å². The van der Waals surface area contributed by atoms with E-state index in [9.17, 15) is 4.79 Å². The number of carbonyl (C=O) groups is 1. The molecule has 0 bridgehead atoms. The molecule has 1 N–H and O–H groups in total. The van der Waals surface area contributed by atoms with Gasteiger partial charge in [-0.15, -0.1) is 0 Å². The zero-order valence-corrected chi connectivity index (χ0v) is 10.1. The number of alkyl carbamates (subject to hydrolysis) is 1. The van der Waals surface area contributed by atoms with Crippen molar-refractivity contribution >= 4 is 6.09 Å². The Bertz CT molecular complexity index is 109. The van der Waals surface area contributed by atoms with Gasteiger partial charge in [-0.2, -0.15) is 0 Å². The van der Waals surface area contributed by atoms with Crippen molar-refractivity contribution in [1.82, 2.24) is 5.32 Å². The zero-order chi connectivity index (χ0) is 7.49. The predicted octanol–water partition coefficient (Wildman–Crippen LogP) is -1.69. The first-order valence-electron chi connectivity index (χ1n) is 2.72. The Kier molecular flexibility index (Phi) is 7.48. The van der Waals surface area contributed by atoms with Gasteiger partial charge in [0.2, 0.25) is 0 Å². The normalized spacial score (nSPS) is 9.60. The summed E-state index contributed by atoms with van der Waals surface area (Å²) < 4.78 is 4.77. The molecule has 0 unspecified atom stereocenters. The van der Waals surface area contributed by atoms with E-state index in [0.717, 1.165) is 0 Å². The summed E-state index contributed by atoms with van der Waals surface area (Å²) in [5, 5.41) is 2.11. The number of ether oxygens (including phenoxy) is 1. The van der Waals surface area contributed by atoms with Gasteiger partial charge in [0.15, 0.2) is 0 Å². The summed E-state index contributed by atoms with van der Waals surface area (Å²) >= 11 is 0. The molecule has 3 nitrogen and oxygen atoms in total. The molecule has 0 fully saturated rings. The van der Waals surface area contributed by atoms with Crippen molar-refractivity contribution in [3.05, 3.63) is 7.05 Å². The van der Waals surface area contributed by atoms with Crippen LogP contribution < -0.4 is 56.7 Å². The topological polar surface area (TPSA) is 38.3 Å². The molecule has 10 heavy (non-hydrogen) atoms. The third-order valence-corrected chi connectivity index (χ3v) is 0.543. The number of amides is 1. The molecule has 0 aromatic heterocycles. The van der Waals surface area contributed by atoms with E-state index < -0.39 is 11.7 Å². The maximum atomic E-state index is 10.4. The Morgan fingerprint density at radius 1 is 1.50 bits per heavy atom. The minimum absolute atomic E-state index is 0. The van der Waals surface area contributed by atoms with Crippen LogP contribution in [0.25, 0.3) is 0 Å². The SMILES string of the molecule is [CH2-]NC(=O)OC(C)(C)C.[K+]. The van der Waals surface area contributed by atoms with Gasteiger partial charge in [0.1, 0.15) is 5.60 Å². The Balaban J connectivity index is 0. The van der Waals surface area contributed by atoms with Gasteiger partial charge >= 0.3 is 57.5 Å². The van der Waals surface area contributed by atoms with Crippen LogP contribution in [0.3, 0.4) is 0 Å². The average molecular weight is 169 g/mol. The number of nitrogens with one attached hydrogen (secondary N) is 1. The van der Waals surface area contributed by atoms with Gasteiger partial charge in [-0.1, -0.05) is 0 Å². The van der Waals surface area contributed by atoms with Crippen LogP contribution in [0.15, 0.2) is 0 Å². The molecule has 0 rings (SSSR count). The molecule has 0 heterocycles. The fourth-order valence-electron chi connectivity index (χ4n) is 0.314. The van der Waals surface area contributed by atoms with Gasteiger partial charge in [0, 0.05) is 0 Å². The van der Waals surface area contributed by atoms with Gasteiger partial charge < -0.3 is 10.1 Å². The number of hydrogen-bond acceptors (Lipinski definition) is 2. The zero-order valence-electron chi connectivity index (χ0n) is 7.02. The van der Waals surface area contributed by atoms with Crippen LogP contribution in [-0.4, -0.2) is 11.7 Å². The fourth-order valence-corrected chi connectivity index (χ4v) is 0.314. The van der Waals surface area contributed by atoms with Gasteiger partial charge in [0.05, 0.1) is 0 Å². The van der Waals surface area contributed by atoms with Crippen molar-refractivity contribution in [3.63, 3.8) is 0 Å². The van der Waals surface area contributed by atoms with Crippen LogP contribution in [0.4, 0.5) is 4.79 Å². The molecule has 0 aliphatic rings. The first kappa shape index (κ1) is 13.5. The van der Waals surface area contributed by atoms with E-state index in [2.05, 4.69) is 12.4 Å². The average Bonchev–Trinajstić information content (AvgIpc) is 1.62. The molecule has 0 aliphatic carbocycles. The van der Waals surface area contributed by atoms with Crippen molar-refractivity contribution in [2.75, 3.05) is 0 Å². The molecule has 0 saturated heterocycles. The number of hydrogen-bond donors (Lipinski definition) is 1. The third kappa shape index (κ3) is 8.91. The van der Waals surface area contributed by atoms with E-state index in [1.54, 1.807) is 20.8 Å². The van der Waals surface area contributed by atoms with E-state index >= 15 is 0 Å². The maximum absolute atomic E-state index is 10.4. The van der Waals surface area contributed by atoms with Crippen LogP contribution in [0.2, 0.25) is 0 Å². The van der Waals surface area contributed by atoms with Gasteiger partial charge in [-0.3, -0.25) is 7.05 Å². The van der Waals surface area contributed by atoms with Crippen molar-refractivity contribution < 1.29 is 60.9 Å². The monoisotopic (exact) mass is 169 g/mol. The van der Waals surface area contributed by atoms with Crippen LogP contribution >= 0.6 is 0 Å². The largest absolute Gasteiger partial charge is 1.00 e. The van der Waals surface area contributed by atoms with Gasteiger partial charge in [-0.05, 0) is 20.8 Å². The summed E-state index contributed by atoms with van der Waals surface area (Å²) in [6, 6.07) is 0. The minimum atomic E-state index is -0.498. The summed E-state index contributed by atoms with van der Waals surface area (Å²) in [7, 11) is 3.15. The molecule has 0 atom stereocenters. The molecule has 54 valence electrons. The fraction of sp³-hybridized carbons (Fsp3) is 0.667. The number of rotatable bonds is 0. The summed E-state index contributed by atoms with van der Waals surface area (Å²) in [6.07, 6.45) is -0.498. The molecule has 0 aromatic carbocycles. The Hall–Kier alpha value is 0.906. The summed E-state index contributed by atoms with van der Waals surface area (Å²) in [4.78, 5) is 10.4.